The van der Waals surface area contributed by atoms with E-state index in [1.54, 1.807) is 12.1 Å². The van der Waals surface area contributed by atoms with E-state index in [4.69, 9.17) is 35.9 Å². The second kappa shape index (κ2) is 7.52. The van der Waals surface area contributed by atoms with Gasteiger partial charge in [-0.25, -0.2) is 19.4 Å². The summed E-state index contributed by atoms with van der Waals surface area (Å²) in [6.45, 7) is 0. The fraction of sp³-hybridized carbons (Fsp3) is 0.167. The molecule has 0 bridgehead atoms. The van der Waals surface area contributed by atoms with Crippen molar-refractivity contribution in [1.29, 1.82) is 0 Å². The topological polar surface area (TPSA) is 111 Å². The lowest BCUT2D eigenvalue weighted by atomic mass is 10.2. The molecule has 0 saturated carbocycles. The van der Waals surface area contributed by atoms with E-state index < -0.39 is 12.2 Å². The van der Waals surface area contributed by atoms with Crippen molar-refractivity contribution in [2.24, 2.45) is 11.5 Å². The average Bonchev–Trinajstić information content (AvgIpc) is 2.48. The Morgan fingerprint density at radius 1 is 0.909 bits per heavy atom. The number of benzene rings is 1. The van der Waals surface area contributed by atoms with Gasteiger partial charge in [-0.1, -0.05) is 12.1 Å². The summed E-state index contributed by atoms with van der Waals surface area (Å²) in [5.41, 5.74) is 11.4. The SMILES string of the molecule is COC(=O)N(C(N)=S)c1ccccc1N(C(=O)OC)C(N)=S. The number of ether oxygens (including phenoxy) is 2. The van der Waals surface area contributed by atoms with Crippen LogP contribution in [0.15, 0.2) is 24.3 Å². The Balaban J connectivity index is 3.51. The van der Waals surface area contributed by atoms with E-state index in [2.05, 4.69) is 9.47 Å². The highest BCUT2D eigenvalue weighted by molar-refractivity contribution is 7.80. The quantitative estimate of drug-likeness (QED) is 0.774. The summed E-state index contributed by atoms with van der Waals surface area (Å²) in [6.07, 6.45) is -1.65. The van der Waals surface area contributed by atoms with Gasteiger partial charge in [0.2, 0.25) is 0 Å². The van der Waals surface area contributed by atoms with Gasteiger partial charge < -0.3 is 20.9 Å². The number of amides is 2. The second-order valence-corrected chi connectivity index (χ2v) is 4.61. The molecule has 0 spiro atoms. The van der Waals surface area contributed by atoms with Crippen LogP contribution in [0.2, 0.25) is 0 Å². The molecule has 0 heterocycles. The minimum atomic E-state index is -0.826. The van der Waals surface area contributed by atoms with Gasteiger partial charge in [0.15, 0.2) is 10.2 Å². The average molecular weight is 342 g/mol. The van der Waals surface area contributed by atoms with Gasteiger partial charge in [0.25, 0.3) is 0 Å². The fourth-order valence-electron chi connectivity index (χ4n) is 1.64. The summed E-state index contributed by atoms with van der Waals surface area (Å²) in [5.74, 6) is 0. The molecule has 10 heteroatoms. The number of nitrogens with zero attached hydrogens (tertiary/aromatic N) is 2. The summed E-state index contributed by atoms with van der Waals surface area (Å²) in [6, 6.07) is 6.23. The number of hydrogen-bond donors (Lipinski definition) is 2. The van der Waals surface area contributed by atoms with Crippen LogP contribution < -0.4 is 21.3 Å². The Morgan fingerprint density at radius 3 is 1.45 bits per heavy atom. The molecule has 0 saturated heterocycles. The third kappa shape index (κ3) is 3.59. The number of nitrogens with two attached hydrogens (primary N) is 2. The van der Waals surface area contributed by atoms with Crippen LogP contribution in [-0.2, 0) is 9.47 Å². The van der Waals surface area contributed by atoms with E-state index in [-0.39, 0.29) is 21.6 Å². The van der Waals surface area contributed by atoms with Crippen molar-refractivity contribution in [3.8, 4) is 0 Å². The van der Waals surface area contributed by atoms with Gasteiger partial charge in [-0.15, -0.1) is 0 Å². The lowest BCUT2D eigenvalue weighted by molar-refractivity contribution is 0.181. The standard InChI is InChI=1S/C12H14N4O4S2/c1-19-11(17)15(9(13)21)7-5-3-4-6-8(7)16(10(14)22)12(18)20-2/h3-6H,1-2H3,(H2,13,21)(H2,14,22). The zero-order valence-corrected chi connectivity index (χ0v) is 13.4. The Morgan fingerprint density at radius 2 is 1.23 bits per heavy atom. The number of carbonyl (C=O) groups excluding carboxylic acids is 2. The van der Waals surface area contributed by atoms with Gasteiger partial charge in [-0.05, 0) is 36.6 Å². The summed E-state index contributed by atoms with van der Waals surface area (Å²) in [7, 11) is 2.34. The van der Waals surface area contributed by atoms with Gasteiger partial charge in [-0.3, -0.25) is 0 Å². The molecular weight excluding hydrogens is 328 g/mol. The molecule has 8 nitrogen and oxygen atoms in total. The number of methoxy groups -OCH3 is 2. The maximum atomic E-state index is 11.9. The van der Waals surface area contributed by atoms with Crippen LogP contribution in [0, 0.1) is 0 Å². The van der Waals surface area contributed by atoms with E-state index in [0.717, 1.165) is 9.80 Å². The van der Waals surface area contributed by atoms with Crippen LogP contribution in [0.4, 0.5) is 21.0 Å². The van der Waals surface area contributed by atoms with Crippen molar-refractivity contribution < 1.29 is 19.1 Å². The van der Waals surface area contributed by atoms with Crippen LogP contribution >= 0.6 is 24.4 Å². The summed E-state index contributed by atoms with van der Waals surface area (Å²) < 4.78 is 9.26. The van der Waals surface area contributed by atoms with Crippen LogP contribution in [0.5, 0.6) is 0 Å². The molecule has 0 radical (unpaired) electrons. The molecule has 1 aromatic rings. The van der Waals surface area contributed by atoms with Gasteiger partial charge >= 0.3 is 12.2 Å². The van der Waals surface area contributed by atoms with E-state index in [1.165, 1.54) is 26.4 Å². The lowest BCUT2D eigenvalue weighted by Gasteiger charge is -2.26. The number of carbonyl (C=O) groups is 2. The molecule has 0 aliphatic heterocycles. The normalized spacial score (nSPS) is 9.55. The molecule has 0 fully saturated rings. The molecule has 22 heavy (non-hydrogen) atoms. The highest BCUT2D eigenvalue weighted by Crippen LogP contribution is 2.30. The maximum absolute atomic E-state index is 11.9. The third-order valence-corrected chi connectivity index (χ3v) is 2.88. The summed E-state index contributed by atoms with van der Waals surface area (Å²) in [5, 5.41) is -0.542. The van der Waals surface area contributed by atoms with Crippen LogP contribution in [0.1, 0.15) is 0 Å². The lowest BCUT2D eigenvalue weighted by Crippen LogP contribution is -2.44. The molecule has 1 aromatic carbocycles. The predicted octanol–water partition coefficient (Wildman–Crippen LogP) is 1.32. The number of anilines is 2. The molecule has 0 aliphatic rings. The summed E-state index contributed by atoms with van der Waals surface area (Å²) in [4.78, 5) is 25.6. The molecule has 118 valence electrons. The van der Waals surface area contributed by atoms with Crippen molar-refractivity contribution in [3.05, 3.63) is 24.3 Å². The molecule has 0 unspecified atom stereocenters. The zero-order chi connectivity index (χ0) is 16.9. The minimum absolute atomic E-state index is 0.167. The van der Waals surface area contributed by atoms with E-state index in [1.807, 2.05) is 0 Å². The van der Waals surface area contributed by atoms with Crippen molar-refractivity contribution in [2.45, 2.75) is 0 Å². The van der Waals surface area contributed by atoms with Crippen LogP contribution in [0.25, 0.3) is 0 Å². The molecule has 0 atom stereocenters. The third-order valence-electron chi connectivity index (χ3n) is 2.52. The van der Waals surface area contributed by atoms with Gasteiger partial charge in [-0.2, -0.15) is 0 Å². The number of para-hydroxylation sites is 2. The first-order chi connectivity index (χ1) is 10.3. The maximum Gasteiger partial charge on any atom is 0.420 e. The van der Waals surface area contributed by atoms with Gasteiger partial charge in [0.05, 0.1) is 25.6 Å². The van der Waals surface area contributed by atoms with E-state index >= 15 is 0 Å². The fourth-order valence-corrected chi connectivity index (χ4v) is 1.98. The van der Waals surface area contributed by atoms with Crippen molar-refractivity contribution in [1.82, 2.24) is 0 Å². The molecule has 1 rings (SSSR count). The Kier molecular flexibility index (Phi) is 6.01. The molecule has 4 N–H and O–H groups in total. The first kappa shape index (κ1) is 17.6. The highest BCUT2D eigenvalue weighted by Gasteiger charge is 2.28. The number of rotatable bonds is 2. The van der Waals surface area contributed by atoms with Gasteiger partial charge in [0, 0.05) is 0 Å². The van der Waals surface area contributed by atoms with Crippen molar-refractivity contribution >= 4 is 58.2 Å². The Bertz CT molecular complexity index is 570. The predicted molar refractivity (Wildman–Crippen MR) is 89.8 cm³/mol. The van der Waals surface area contributed by atoms with Crippen molar-refractivity contribution in [2.75, 3.05) is 24.0 Å². The van der Waals surface area contributed by atoms with E-state index in [0.29, 0.717) is 0 Å². The van der Waals surface area contributed by atoms with Crippen LogP contribution in [0.3, 0.4) is 0 Å². The minimum Gasteiger partial charge on any atom is -0.452 e. The molecule has 2 amide bonds. The first-order valence-corrected chi connectivity index (χ1v) is 6.60. The number of hydrogen-bond acceptors (Lipinski definition) is 6. The van der Waals surface area contributed by atoms with Gasteiger partial charge in [0.1, 0.15) is 0 Å². The monoisotopic (exact) mass is 342 g/mol. The van der Waals surface area contributed by atoms with Crippen molar-refractivity contribution in [3.63, 3.8) is 0 Å². The first-order valence-electron chi connectivity index (χ1n) is 5.79. The number of thiocarbonyl (C=S) groups is 2. The van der Waals surface area contributed by atoms with Crippen LogP contribution in [-0.4, -0.2) is 36.6 Å². The molecular formula is C12H14N4O4S2. The largest absolute Gasteiger partial charge is 0.452 e. The molecule has 0 aliphatic carbocycles. The highest BCUT2D eigenvalue weighted by atomic mass is 32.1. The Hall–Kier alpha value is -2.46. The molecule has 0 aromatic heterocycles. The smallest absolute Gasteiger partial charge is 0.420 e. The second-order valence-electron chi connectivity index (χ2n) is 3.78. The Labute approximate surface area is 137 Å². The zero-order valence-electron chi connectivity index (χ0n) is 11.8. The summed E-state index contributed by atoms with van der Waals surface area (Å²) >= 11 is 9.70. The van der Waals surface area contributed by atoms with E-state index in [9.17, 15) is 9.59 Å².